The van der Waals surface area contributed by atoms with Crippen LogP contribution < -0.4 is 15.0 Å². The fourth-order valence-electron chi connectivity index (χ4n) is 3.76. The lowest BCUT2D eigenvalue weighted by molar-refractivity contribution is -0.00546. The summed E-state index contributed by atoms with van der Waals surface area (Å²) in [6, 6.07) is 15.9. The molecule has 2 atom stereocenters. The Labute approximate surface area is 186 Å². The smallest absolute Gasteiger partial charge is 0.265 e. The van der Waals surface area contributed by atoms with E-state index in [1.165, 1.54) is 11.3 Å². The SMILES string of the molecule is COc1cc(-c2ccccc2)sc1C(=O)NCc1ccc(N2CC(C)OC(C)C2)nc1. The van der Waals surface area contributed by atoms with Crippen molar-refractivity contribution in [2.24, 2.45) is 0 Å². The number of nitrogens with zero attached hydrogens (tertiary/aromatic N) is 2. The number of benzene rings is 1. The van der Waals surface area contributed by atoms with Gasteiger partial charge < -0.3 is 19.7 Å². The molecule has 2 unspecified atom stereocenters. The molecule has 0 radical (unpaired) electrons. The first-order valence-electron chi connectivity index (χ1n) is 10.4. The number of pyridine rings is 1. The highest BCUT2D eigenvalue weighted by Gasteiger charge is 2.23. The highest BCUT2D eigenvalue weighted by atomic mass is 32.1. The second-order valence-corrected chi connectivity index (χ2v) is 8.80. The van der Waals surface area contributed by atoms with E-state index in [-0.39, 0.29) is 18.1 Å². The van der Waals surface area contributed by atoms with Crippen LogP contribution in [0.25, 0.3) is 10.4 Å². The summed E-state index contributed by atoms with van der Waals surface area (Å²) in [6.07, 6.45) is 2.19. The number of methoxy groups -OCH3 is 1. The normalized spacial score (nSPS) is 18.6. The molecule has 1 N–H and O–H groups in total. The Kier molecular flexibility index (Phi) is 6.53. The monoisotopic (exact) mass is 437 g/mol. The first-order chi connectivity index (χ1) is 15.0. The maximum Gasteiger partial charge on any atom is 0.265 e. The zero-order valence-corrected chi connectivity index (χ0v) is 18.8. The van der Waals surface area contributed by atoms with Crippen molar-refractivity contribution in [2.75, 3.05) is 25.1 Å². The van der Waals surface area contributed by atoms with Crippen molar-refractivity contribution in [1.29, 1.82) is 0 Å². The number of morpholine rings is 1. The lowest BCUT2D eigenvalue weighted by Gasteiger charge is -2.36. The molecule has 3 heterocycles. The minimum Gasteiger partial charge on any atom is -0.495 e. The van der Waals surface area contributed by atoms with Crippen LogP contribution in [0.15, 0.2) is 54.7 Å². The van der Waals surface area contributed by atoms with Crippen LogP contribution in [0.3, 0.4) is 0 Å². The van der Waals surface area contributed by atoms with E-state index in [2.05, 4.69) is 29.0 Å². The molecule has 1 aromatic carbocycles. The average Bonchev–Trinajstić information content (AvgIpc) is 3.22. The van der Waals surface area contributed by atoms with Crippen LogP contribution >= 0.6 is 11.3 Å². The van der Waals surface area contributed by atoms with Crippen LogP contribution in [0, 0.1) is 0 Å². The van der Waals surface area contributed by atoms with E-state index in [1.807, 2.05) is 54.7 Å². The van der Waals surface area contributed by atoms with Gasteiger partial charge in [-0.15, -0.1) is 11.3 Å². The van der Waals surface area contributed by atoms with Crippen molar-refractivity contribution in [3.63, 3.8) is 0 Å². The van der Waals surface area contributed by atoms with Gasteiger partial charge in [0.05, 0.1) is 19.3 Å². The molecule has 1 saturated heterocycles. The summed E-state index contributed by atoms with van der Waals surface area (Å²) in [5, 5.41) is 2.99. The van der Waals surface area contributed by atoms with Gasteiger partial charge in [0.1, 0.15) is 16.4 Å². The predicted molar refractivity (Wildman–Crippen MR) is 124 cm³/mol. The Morgan fingerprint density at radius 2 is 1.94 bits per heavy atom. The maximum absolute atomic E-state index is 12.8. The quantitative estimate of drug-likeness (QED) is 0.621. The molecule has 0 bridgehead atoms. The molecule has 0 spiro atoms. The lowest BCUT2D eigenvalue weighted by Crippen LogP contribution is -2.45. The van der Waals surface area contributed by atoms with Gasteiger partial charge in [-0.2, -0.15) is 0 Å². The molecule has 31 heavy (non-hydrogen) atoms. The highest BCUT2D eigenvalue weighted by Crippen LogP contribution is 2.36. The van der Waals surface area contributed by atoms with Crippen molar-refractivity contribution in [1.82, 2.24) is 10.3 Å². The summed E-state index contributed by atoms with van der Waals surface area (Å²) in [7, 11) is 1.59. The van der Waals surface area contributed by atoms with Crippen molar-refractivity contribution in [3.8, 4) is 16.2 Å². The molecule has 6 nitrogen and oxygen atoms in total. The third-order valence-corrected chi connectivity index (χ3v) is 6.35. The summed E-state index contributed by atoms with van der Waals surface area (Å²) in [5.74, 6) is 1.37. The second kappa shape index (κ2) is 9.49. The number of hydrogen-bond acceptors (Lipinski definition) is 6. The van der Waals surface area contributed by atoms with Gasteiger partial charge in [-0.05, 0) is 37.1 Å². The summed E-state index contributed by atoms with van der Waals surface area (Å²) < 4.78 is 11.2. The molecule has 1 amide bonds. The Morgan fingerprint density at radius 1 is 1.19 bits per heavy atom. The molecule has 0 aliphatic carbocycles. The number of amides is 1. The van der Waals surface area contributed by atoms with E-state index in [4.69, 9.17) is 9.47 Å². The molecule has 4 rings (SSSR count). The van der Waals surface area contributed by atoms with Crippen LogP contribution in [0.5, 0.6) is 5.75 Å². The summed E-state index contributed by atoms with van der Waals surface area (Å²) in [5.41, 5.74) is 2.02. The van der Waals surface area contributed by atoms with Gasteiger partial charge in [0.15, 0.2) is 0 Å². The van der Waals surface area contributed by atoms with E-state index in [1.54, 1.807) is 7.11 Å². The van der Waals surface area contributed by atoms with Crippen molar-refractivity contribution in [2.45, 2.75) is 32.6 Å². The van der Waals surface area contributed by atoms with Crippen LogP contribution in [0.2, 0.25) is 0 Å². The minimum absolute atomic E-state index is 0.149. The van der Waals surface area contributed by atoms with E-state index in [0.717, 1.165) is 34.9 Å². The van der Waals surface area contributed by atoms with E-state index in [9.17, 15) is 4.79 Å². The number of rotatable bonds is 6. The van der Waals surface area contributed by atoms with Crippen LogP contribution in [0.1, 0.15) is 29.1 Å². The molecule has 0 saturated carbocycles. The maximum atomic E-state index is 12.8. The Morgan fingerprint density at radius 3 is 2.58 bits per heavy atom. The Balaban J connectivity index is 1.40. The summed E-state index contributed by atoms with van der Waals surface area (Å²) >= 11 is 1.43. The average molecular weight is 438 g/mol. The molecule has 2 aromatic heterocycles. The lowest BCUT2D eigenvalue weighted by atomic mass is 10.2. The predicted octanol–water partition coefficient (Wildman–Crippen LogP) is 4.36. The number of carbonyl (C=O) groups excluding carboxylic acids is 1. The van der Waals surface area contributed by atoms with Crippen LogP contribution in [-0.2, 0) is 11.3 Å². The van der Waals surface area contributed by atoms with Gasteiger partial charge in [-0.1, -0.05) is 36.4 Å². The largest absolute Gasteiger partial charge is 0.495 e. The number of thiophene rings is 1. The van der Waals surface area contributed by atoms with Gasteiger partial charge in [0, 0.05) is 30.7 Å². The van der Waals surface area contributed by atoms with Crippen molar-refractivity contribution in [3.05, 3.63) is 65.2 Å². The molecule has 3 aromatic rings. The Hall–Kier alpha value is -2.90. The number of nitrogens with one attached hydrogen (secondary N) is 1. The second-order valence-electron chi connectivity index (χ2n) is 7.74. The zero-order chi connectivity index (χ0) is 21.8. The van der Waals surface area contributed by atoms with Crippen LogP contribution in [-0.4, -0.2) is 43.3 Å². The van der Waals surface area contributed by atoms with Crippen molar-refractivity contribution < 1.29 is 14.3 Å². The third-order valence-electron chi connectivity index (χ3n) is 5.19. The number of aromatic nitrogens is 1. The van der Waals surface area contributed by atoms with Gasteiger partial charge in [-0.3, -0.25) is 4.79 Å². The Bertz CT molecular complexity index is 1010. The fraction of sp³-hybridized carbons (Fsp3) is 0.333. The molecule has 1 fully saturated rings. The van der Waals surface area contributed by atoms with Gasteiger partial charge >= 0.3 is 0 Å². The molecular formula is C24H27N3O3S. The van der Waals surface area contributed by atoms with E-state index >= 15 is 0 Å². The topological polar surface area (TPSA) is 63.7 Å². The fourth-order valence-corrected chi connectivity index (χ4v) is 4.81. The van der Waals surface area contributed by atoms with E-state index < -0.39 is 0 Å². The molecule has 1 aliphatic rings. The van der Waals surface area contributed by atoms with Gasteiger partial charge in [0.25, 0.3) is 5.91 Å². The molecule has 7 heteroatoms. The first-order valence-corrected chi connectivity index (χ1v) is 11.2. The third kappa shape index (κ3) is 5.06. The summed E-state index contributed by atoms with van der Waals surface area (Å²) in [4.78, 5) is 21.2. The molecular weight excluding hydrogens is 410 g/mol. The van der Waals surface area contributed by atoms with Gasteiger partial charge in [0.2, 0.25) is 0 Å². The molecule has 1 aliphatic heterocycles. The number of ether oxygens (including phenoxy) is 2. The highest BCUT2D eigenvalue weighted by molar-refractivity contribution is 7.17. The van der Waals surface area contributed by atoms with Crippen LogP contribution in [0.4, 0.5) is 5.82 Å². The number of anilines is 1. The van der Waals surface area contributed by atoms with Gasteiger partial charge in [-0.25, -0.2) is 4.98 Å². The standard InChI is InChI=1S/C24H27N3O3S/c1-16-14-27(15-17(2)30-16)22-10-9-18(12-25-22)13-26-24(28)23-20(29-3)11-21(31-23)19-7-5-4-6-8-19/h4-12,16-17H,13-15H2,1-3H3,(H,26,28). The number of hydrogen-bond donors (Lipinski definition) is 1. The first kappa shape index (κ1) is 21.3. The van der Waals surface area contributed by atoms with Crippen molar-refractivity contribution >= 4 is 23.1 Å². The molecule has 162 valence electrons. The summed E-state index contributed by atoms with van der Waals surface area (Å²) in [6.45, 7) is 6.22. The minimum atomic E-state index is -0.149. The zero-order valence-electron chi connectivity index (χ0n) is 18.0. The van der Waals surface area contributed by atoms with E-state index in [0.29, 0.717) is 17.2 Å². The number of carbonyl (C=O) groups is 1.